The van der Waals surface area contributed by atoms with Crippen LogP contribution in [-0.2, 0) is 38.1 Å². The molecule has 0 aliphatic rings. The van der Waals surface area contributed by atoms with Crippen molar-refractivity contribution in [1.82, 2.24) is 0 Å². The van der Waals surface area contributed by atoms with E-state index in [2.05, 4.69) is 26.3 Å². The van der Waals surface area contributed by atoms with Crippen LogP contribution in [0.1, 0.15) is 6.42 Å². The molecule has 1 N–H and O–H groups in total. The number of hydrogen-bond donors (Lipinski definition) is 1. The Hall–Kier alpha value is -3.20. The van der Waals surface area contributed by atoms with Crippen LogP contribution in [0.5, 0.6) is 0 Å². The number of esters is 4. The second-order valence-electron chi connectivity index (χ2n) is 4.81. The van der Waals surface area contributed by atoms with Gasteiger partial charge in [-0.3, -0.25) is 0 Å². The molecule has 0 radical (unpaired) electrons. The standard InChI is InChI=1S/C18H22O9/c1-5-14(20)24-11-13(26-16(22)7-3)18(27-17(23)8-4)12(9-10-19)25-15(21)6-2/h5-8,12-13,18-19H,1-4,9-11H2. The van der Waals surface area contributed by atoms with Gasteiger partial charge in [0.15, 0.2) is 12.2 Å². The van der Waals surface area contributed by atoms with Gasteiger partial charge < -0.3 is 24.1 Å². The zero-order valence-corrected chi connectivity index (χ0v) is 14.7. The molecule has 9 heteroatoms. The molecule has 0 spiro atoms. The molecule has 0 aromatic heterocycles. The van der Waals surface area contributed by atoms with E-state index in [1.165, 1.54) is 0 Å². The summed E-state index contributed by atoms with van der Waals surface area (Å²) in [7, 11) is 0. The maximum Gasteiger partial charge on any atom is 0.330 e. The van der Waals surface area contributed by atoms with Crippen molar-refractivity contribution < 1.29 is 43.2 Å². The van der Waals surface area contributed by atoms with Gasteiger partial charge in [-0.15, -0.1) is 0 Å². The summed E-state index contributed by atoms with van der Waals surface area (Å²) in [6.07, 6.45) is -0.808. The molecule has 0 rings (SSSR count). The molecule has 3 unspecified atom stereocenters. The number of carbonyl (C=O) groups excluding carboxylic acids is 4. The van der Waals surface area contributed by atoms with Gasteiger partial charge in [0.2, 0.25) is 0 Å². The molecule has 0 aromatic carbocycles. The fourth-order valence-electron chi connectivity index (χ4n) is 1.80. The van der Waals surface area contributed by atoms with Crippen LogP contribution in [-0.4, -0.2) is 60.5 Å². The zero-order valence-electron chi connectivity index (χ0n) is 14.7. The third-order valence-corrected chi connectivity index (χ3v) is 2.99. The Kier molecular flexibility index (Phi) is 11.5. The largest absolute Gasteiger partial charge is 0.458 e. The van der Waals surface area contributed by atoms with Crippen molar-refractivity contribution in [2.24, 2.45) is 0 Å². The quantitative estimate of drug-likeness (QED) is 0.273. The van der Waals surface area contributed by atoms with Crippen LogP contribution in [0.2, 0.25) is 0 Å². The first kappa shape index (κ1) is 23.8. The van der Waals surface area contributed by atoms with E-state index in [0.717, 1.165) is 24.3 Å². The van der Waals surface area contributed by atoms with E-state index in [-0.39, 0.29) is 6.42 Å². The molecule has 9 nitrogen and oxygen atoms in total. The molecule has 0 aliphatic carbocycles. The molecular formula is C18H22O9. The lowest BCUT2D eigenvalue weighted by atomic mass is 10.0. The van der Waals surface area contributed by atoms with Gasteiger partial charge >= 0.3 is 23.9 Å². The lowest BCUT2D eigenvalue weighted by Crippen LogP contribution is -2.48. The van der Waals surface area contributed by atoms with Gasteiger partial charge in [-0.1, -0.05) is 26.3 Å². The van der Waals surface area contributed by atoms with Crippen LogP contribution in [0.25, 0.3) is 0 Å². The maximum absolute atomic E-state index is 11.7. The van der Waals surface area contributed by atoms with Gasteiger partial charge in [0.25, 0.3) is 0 Å². The molecule has 0 fully saturated rings. The van der Waals surface area contributed by atoms with E-state index < -0.39 is 55.4 Å². The topological polar surface area (TPSA) is 125 Å². The Morgan fingerprint density at radius 1 is 0.741 bits per heavy atom. The van der Waals surface area contributed by atoms with Gasteiger partial charge in [-0.05, 0) is 0 Å². The van der Waals surface area contributed by atoms with E-state index in [9.17, 15) is 24.3 Å². The van der Waals surface area contributed by atoms with Crippen molar-refractivity contribution in [2.45, 2.75) is 24.7 Å². The maximum atomic E-state index is 11.7. The molecule has 0 saturated heterocycles. The Morgan fingerprint density at radius 2 is 1.19 bits per heavy atom. The first-order valence-corrected chi connectivity index (χ1v) is 7.72. The highest BCUT2D eigenvalue weighted by atomic mass is 16.6. The lowest BCUT2D eigenvalue weighted by molar-refractivity contribution is -0.186. The monoisotopic (exact) mass is 382 g/mol. The first-order chi connectivity index (χ1) is 12.8. The molecule has 27 heavy (non-hydrogen) atoms. The SMILES string of the molecule is C=CC(=O)OCC(OC(=O)C=C)C(OC(=O)C=C)C(CCO)OC(=O)C=C. The summed E-state index contributed by atoms with van der Waals surface area (Å²) in [5.74, 6) is -3.53. The smallest absolute Gasteiger partial charge is 0.330 e. The van der Waals surface area contributed by atoms with Crippen LogP contribution in [0, 0.1) is 0 Å². The highest BCUT2D eigenvalue weighted by Crippen LogP contribution is 2.18. The first-order valence-electron chi connectivity index (χ1n) is 7.72. The zero-order chi connectivity index (χ0) is 20.8. The van der Waals surface area contributed by atoms with Gasteiger partial charge in [0.05, 0.1) is 0 Å². The molecule has 148 valence electrons. The molecule has 0 heterocycles. The summed E-state index contributed by atoms with van der Waals surface area (Å²) in [4.78, 5) is 46.2. The van der Waals surface area contributed by atoms with Crippen molar-refractivity contribution in [1.29, 1.82) is 0 Å². The predicted molar refractivity (Wildman–Crippen MR) is 93.1 cm³/mol. The Labute approximate surface area is 156 Å². The minimum Gasteiger partial charge on any atom is -0.458 e. The summed E-state index contributed by atoms with van der Waals surface area (Å²) in [6, 6.07) is 0. The van der Waals surface area contributed by atoms with Crippen molar-refractivity contribution >= 4 is 23.9 Å². The fraction of sp³-hybridized carbons (Fsp3) is 0.333. The predicted octanol–water partition coefficient (Wildman–Crippen LogP) is 0.391. The minimum absolute atomic E-state index is 0.174. The molecular weight excluding hydrogens is 360 g/mol. The third kappa shape index (κ3) is 9.17. The summed E-state index contributed by atoms with van der Waals surface area (Å²) in [5, 5.41) is 9.23. The highest BCUT2D eigenvalue weighted by Gasteiger charge is 2.38. The van der Waals surface area contributed by atoms with Crippen LogP contribution in [0.15, 0.2) is 50.6 Å². The minimum atomic E-state index is -1.42. The average molecular weight is 382 g/mol. The number of ether oxygens (including phenoxy) is 4. The second-order valence-corrected chi connectivity index (χ2v) is 4.81. The second kappa shape index (κ2) is 13.1. The van der Waals surface area contributed by atoms with Gasteiger partial charge in [-0.2, -0.15) is 0 Å². The Bertz CT molecular complexity index is 594. The van der Waals surface area contributed by atoms with E-state index in [1.54, 1.807) is 0 Å². The molecule has 0 saturated carbocycles. The van der Waals surface area contributed by atoms with Crippen molar-refractivity contribution in [3.63, 3.8) is 0 Å². The van der Waals surface area contributed by atoms with E-state index in [1.807, 2.05) is 0 Å². The van der Waals surface area contributed by atoms with Gasteiger partial charge in [0, 0.05) is 37.3 Å². The van der Waals surface area contributed by atoms with Gasteiger partial charge in [-0.25, -0.2) is 19.2 Å². The average Bonchev–Trinajstić information content (AvgIpc) is 2.67. The molecule has 0 amide bonds. The summed E-state index contributed by atoms with van der Waals surface area (Å²) >= 11 is 0. The van der Waals surface area contributed by atoms with E-state index in [0.29, 0.717) is 0 Å². The summed E-state index contributed by atoms with van der Waals surface area (Å²) in [6.45, 7) is 12.0. The molecule has 0 aliphatic heterocycles. The lowest BCUT2D eigenvalue weighted by Gasteiger charge is -2.31. The number of hydrogen-bond acceptors (Lipinski definition) is 9. The fourth-order valence-corrected chi connectivity index (χ4v) is 1.80. The Balaban J connectivity index is 5.79. The van der Waals surface area contributed by atoms with E-state index >= 15 is 0 Å². The van der Waals surface area contributed by atoms with Crippen LogP contribution in [0.3, 0.4) is 0 Å². The van der Waals surface area contributed by atoms with Crippen LogP contribution < -0.4 is 0 Å². The Morgan fingerprint density at radius 3 is 1.63 bits per heavy atom. The van der Waals surface area contributed by atoms with Crippen molar-refractivity contribution in [3.8, 4) is 0 Å². The molecule has 0 aromatic rings. The van der Waals surface area contributed by atoms with Crippen molar-refractivity contribution in [3.05, 3.63) is 50.6 Å². The number of aliphatic hydroxyl groups excluding tert-OH is 1. The summed E-state index contributed by atoms with van der Waals surface area (Å²) < 4.78 is 20.1. The normalized spacial score (nSPS) is 13.1. The van der Waals surface area contributed by atoms with Crippen LogP contribution >= 0.6 is 0 Å². The van der Waals surface area contributed by atoms with E-state index in [4.69, 9.17) is 18.9 Å². The molecule has 0 bridgehead atoms. The number of rotatable bonds is 13. The number of carbonyl (C=O) groups is 4. The summed E-state index contributed by atoms with van der Waals surface area (Å²) in [5.41, 5.74) is 0. The van der Waals surface area contributed by atoms with Crippen molar-refractivity contribution in [2.75, 3.05) is 13.2 Å². The van der Waals surface area contributed by atoms with Crippen LogP contribution in [0.4, 0.5) is 0 Å². The highest BCUT2D eigenvalue weighted by molar-refractivity contribution is 5.83. The molecule has 3 atom stereocenters. The number of aliphatic hydroxyl groups is 1. The van der Waals surface area contributed by atoms with Gasteiger partial charge in [0.1, 0.15) is 12.7 Å². The third-order valence-electron chi connectivity index (χ3n) is 2.99.